The molecule has 57 heavy (non-hydrogen) atoms. The van der Waals surface area contributed by atoms with Crippen molar-refractivity contribution in [2.45, 2.75) is 192 Å². The third-order valence-corrected chi connectivity index (χ3v) is 12.8. The standard InChI is InChI=1S/2C24H36O3S.Ca/c2*1-3-5-7-9-11-13-20-15-16-21-18-22(14-12-10-8-6-4-2)24(28(25,26)27)19-23(21)17-20;/h2*15-19H,3-14H2,1-2H3,(H,25,26,27);/q;;+2/p-2. The molecule has 0 atom stereocenters. The van der Waals surface area contributed by atoms with Crippen molar-refractivity contribution in [1.29, 1.82) is 0 Å². The molecule has 0 bridgehead atoms. The average Bonchev–Trinajstić information content (AvgIpc) is 3.16. The summed E-state index contributed by atoms with van der Waals surface area (Å²) in [6, 6.07) is 19.5. The van der Waals surface area contributed by atoms with Gasteiger partial charge in [-0.05, 0) is 119 Å². The Kier molecular flexibility index (Phi) is 25.4. The second kappa shape index (κ2) is 28.1. The van der Waals surface area contributed by atoms with Gasteiger partial charge in [0.15, 0.2) is 0 Å². The summed E-state index contributed by atoms with van der Waals surface area (Å²) in [5.74, 6) is 0. The Balaban J connectivity index is 0.000000387. The molecule has 0 fully saturated rings. The molecule has 0 spiro atoms. The van der Waals surface area contributed by atoms with Gasteiger partial charge in [-0.15, -0.1) is 0 Å². The van der Waals surface area contributed by atoms with E-state index in [4.69, 9.17) is 0 Å². The summed E-state index contributed by atoms with van der Waals surface area (Å²) < 4.78 is 71.0. The maximum absolute atomic E-state index is 11.8. The van der Waals surface area contributed by atoms with Crippen LogP contribution in [0.4, 0.5) is 0 Å². The number of hydrogen-bond donors (Lipinski definition) is 0. The molecule has 0 aliphatic carbocycles. The first-order valence-corrected chi connectivity index (χ1v) is 24.8. The second-order valence-corrected chi connectivity index (χ2v) is 18.5. The van der Waals surface area contributed by atoms with Crippen LogP contribution >= 0.6 is 0 Å². The van der Waals surface area contributed by atoms with Crippen molar-refractivity contribution in [3.63, 3.8) is 0 Å². The Morgan fingerprint density at radius 1 is 0.368 bits per heavy atom. The van der Waals surface area contributed by atoms with Gasteiger partial charge in [0.1, 0.15) is 20.2 Å². The molecule has 312 valence electrons. The molecule has 0 heterocycles. The number of rotatable bonds is 26. The molecule has 9 heteroatoms. The molecule has 6 nitrogen and oxygen atoms in total. The topological polar surface area (TPSA) is 114 Å². The molecule has 0 radical (unpaired) electrons. The van der Waals surface area contributed by atoms with Gasteiger partial charge in [0.2, 0.25) is 0 Å². The normalized spacial score (nSPS) is 11.8. The molecular weight excluding hydrogens is 777 g/mol. The first kappa shape index (κ1) is 51.6. The molecule has 0 unspecified atom stereocenters. The maximum Gasteiger partial charge on any atom is 2.00 e. The van der Waals surface area contributed by atoms with E-state index in [1.807, 2.05) is 12.1 Å². The summed E-state index contributed by atoms with van der Waals surface area (Å²) in [6.45, 7) is 8.77. The predicted octanol–water partition coefficient (Wildman–Crippen LogP) is 13.2. The molecule has 0 saturated heterocycles. The van der Waals surface area contributed by atoms with Crippen LogP contribution in [0.1, 0.15) is 178 Å². The fourth-order valence-electron chi connectivity index (χ4n) is 7.62. The Hall–Kier alpha value is -1.52. The van der Waals surface area contributed by atoms with E-state index < -0.39 is 20.2 Å². The van der Waals surface area contributed by atoms with Gasteiger partial charge >= 0.3 is 37.7 Å². The Morgan fingerprint density at radius 2 is 0.667 bits per heavy atom. The van der Waals surface area contributed by atoms with Crippen molar-refractivity contribution >= 4 is 79.5 Å². The summed E-state index contributed by atoms with van der Waals surface area (Å²) in [4.78, 5) is -0.0637. The Labute approximate surface area is 376 Å². The van der Waals surface area contributed by atoms with Gasteiger partial charge in [-0.25, -0.2) is 16.8 Å². The summed E-state index contributed by atoms with van der Waals surface area (Å²) in [5, 5.41) is 3.75. The number of hydrogen-bond acceptors (Lipinski definition) is 6. The third kappa shape index (κ3) is 19.2. The summed E-state index contributed by atoms with van der Waals surface area (Å²) >= 11 is 0. The van der Waals surface area contributed by atoms with Gasteiger partial charge in [-0.3, -0.25) is 0 Å². The molecular formula is C48H70CaO6S2. The van der Waals surface area contributed by atoms with Crippen molar-refractivity contribution in [2.75, 3.05) is 0 Å². The quantitative estimate of drug-likeness (QED) is 0.0353. The maximum atomic E-state index is 11.8. The fraction of sp³-hybridized carbons (Fsp3) is 0.583. The van der Waals surface area contributed by atoms with Gasteiger partial charge < -0.3 is 9.11 Å². The van der Waals surface area contributed by atoms with Gasteiger partial charge in [-0.2, -0.15) is 0 Å². The van der Waals surface area contributed by atoms with Crippen molar-refractivity contribution < 1.29 is 25.9 Å². The van der Waals surface area contributed by atoms with Crippen molar-refractivity contribution in [3.8, 4) is 0 Å². The molecule has 4 aromatic rings. The van der Waals surface area contributed by atoms with Crippen LogP contribution in [0.15, 0.2) is 70.5 Å². The van der Waals surface area contributed by atoms with Gasteiger partial charge in [-0.1, -0.05) is 167 Å². The molecule has 0 aliphatic rings. The summed E-state index contributed by atoms with van der Waals surface area (Å²) in [5.41, 5.74) is 3.77. The Morgan fingerprint density at radius 3 is 0.965 bits per heavy atom. The first-order chi connectivity index (χ1) is 26.9. The molecule has 0 saturated carbocycles. The largest absolute Gasteiger partial charge is 2.00 e. The number of aryl methyl sites for hydroxylation is 4. The molecule has 0 aliphatic heterocycles. The zero-order valence-corrected chi connectivity index (χ0v) is 39.6. The van der Waals surface area contributed by atoms with Crippen LogP contribution in [-0.2, 0) is 45.9 Å². The van der Waals surface area contributed by atoms with Crippen LogP contribution in [0, 0.1) is 0 Å². The van der Waals surface area contributed by atoms with Crippen LogP contribution in [0.2, 0.25) is 0 Å². The van der Waals surface area contributed by atoms with E-state index in [0.717, 1.165) is 85.8 Å². The summed E-state index contributed by atoms with van der Waals surface area (Å²) in [6.07, 6.45) is 26.7. The minimum atomic E-state index is -4.46. The second-order valence-electron chi connectivity index (χ2n) is 15.8. The minimum Gasteiger partial charge on any atom is -0.744 e. The summed E-state index contributed by atoms with van der Waals surface area (Å²) in [7, 11) is -8.92. The van der Waals surface area contributed by atoms with E-state index in [0.29, 0.717) is 24.0 Å². The van der Waals surface area contributed by atoms with E-state index in [-0.39, 0.29) is 47.5 Å². The van der Waals surface area contributed by atoms with Gasteiger partial charge in [0.25, 0.3) is 0 Å². The SMILES string of the molecule is CCCCCCCc1ccc2cc(CCCCCCC)c(S(=O)(=O)[O-])cc2c1.CCCCCCCc1ccc2cc(CCCCCCC)c(S(=O)(=O)[O-])cc2c1.[Ca+2]. The minimum absolute atomic E-state index is 0. The van der Waals surface area contributed by atoms with Crippen LogP contribution in [0.5, 0.6) is 0 Å². The predicted molar refractivity (Wildman–Crippen MR) is 239 cm³/mol. The van der Waals surface area contributed by atoms with Crippen LogP contribution in [0.25, 0.3) is 21.5 Å². The average molecular weight is 847 g/mol. The third-order valence-electron chi connectivity index (χ3n) is 10.9. The van der Waals surface area contributed by atoms with Crippen molar-refractivity contribution in [1.82, 2.24) is 0 Å². The number of benzene rings is 4. The van der Waals surface area contributed by atoms with E-state index in [1.54, 1.807) is 12.1 Å². The van der Waals surface area contributed by atoms with Crippen molar-refractivity contribution in [2.24, 2.45) is 0 Å². The van der Waals surface area contributed by atoms with E-state index >= 15 is 0 Å². The fourth-order valence-corrected chi connectivity index (χ4v) is 9.12. The van der Waals surface area contributed by atoms with Gasteiger partial charge in [0, 0.05) is 0 Å². The number of fused-ring (bicyclic) bond motifs is 2. The first-order valence-electron chi connectivity index (χ1n) is 21.9. The van der Waals surface area contributed by atoms with Crippen LogP contribution < -0.4 is 0 Å². The monoisotopic (exact) mass is 846 g/mol. The van der Waals surface area contributed by atoms with Crippen LogP contribution in [0.3, 0.4) is 0 Å². The zero-order chi connectivity index (χ0) is 40.8. The van der Waals surface area contributed by atoms with Crippen LogP contribution in [-0.4, -0.2) is 63.7 Å². The molecule has 4 rings (SSSR count). The zero-order valence-electron chi connectivity index (χ0n) is 35.7. The van der Waals surface area contributed by atoms with E-state index in [9.17, 15) is 25.9 Å². The molecule has 0 aromatic heterocycles. The smallest absolute Gasteiger partial charge is 0.744 e. The molecule has 0 N–H and O–H groups in total. The van der Waals surface area contributed by atoms with Gasteiger partial charge in [0.05, 0.1) is 9.79 Å². The van der Waals surface area contributed by atoms with E-state index in [1.165, 1.54) is 88.2 Å². The van der Waals surface area contributed by atoms with E-state index in [2.05, 4.69) is 64.1 Å². The number of unbranched alkanes of at least 4 members (excludes halogenated alkanes) is 16. The molecule has 0 amide bonds. The van der Waals surface area contributed by atoms with Crippen molar-refractivity contribution in [3.05, 3.63) is 82.9 Å². The Bertz CT molecular complexity index is 1830. The molecule has 4 aromatic carbocycles.